The maximum Gasteiger partial charge on any atom is 0.366 e. The van der Waals surface area contributed by atoms with Crippen molar-refractivity contribution in [2.24, 2.45) is 0 Å². The number of amides is 2. The number of nitrogens with zero attached hydrogens (tertiary/aromatic N) is 2. The van der Waals surface area contributed by atoms with Crippen LogP contribution >= 0.6 is 11.3 Å². The number of benzene rings is 1. The molecule has 2 heterocycles. The molecule has 1 aliphatic rings. The Morgan fingerprint density at radius 1 is 1.14 bits per heavy atom. The Morgan fingerprint density at radius 3 is 2.33 bits per heavy atom. The Hall–Kier alpha value is -2.98. The fourth-order valence-corrected chi connectivity index (χ4v) is 2.61. The maximum atomic E-state index is 12.0. The lowest BCUT2D eigenvalue weighted by Crippen LogP contribution is -2.32. The van der Waals surface area contributed by atoms with Crippen molar-refractivity contribution in [1.29, 1.82) is 5.26 Å². The largest absolute Gasteiger partial charge is 0.366 e. The molecule has 0 unspecified atom stereocenters. The van der Waals surface area contributed by atoms with Gasteiger partial charge in [-0.25, -0.2) is 4.79 Å². The Bertz CT molecular complexity index is 783. The molecule has 0 bridgehead atoms. The monoisotopic (exact) mass is 298 g/mol. The summed E-state index contributed by atoms with van der Waals surface area (Å²) >= 11 is 1.07. The average molecular weight is 298 g/mol. The highest BCUT2D eigenvalue weighted by Crippen LogP contribution is 2.24. The molecule has 1 aromatic heterocycles. The van der Waals surface area contributed by atoms with Crippen LogP contribution in [0.2, 0.25) is 0 Å². The standard InChI is InChI=1S/C14H6N2O4S/c15-7-11-10(5-6-21-11)14(19)20-16-12(17)8-3-1-2-4-9(8)13(16)18/h1-6H. The molecule has 0 saturated carbocycles. The Balaban J connectivity index is 1.88. The molecular formula is C14H6N2O4S. The third-order valence-corrected chi connectivity index (χ3v) is 3.74. The zero-order chi connectivity index (χ0) is 15.0. The summed E-state index contributed by atoms with van der Waals surface area (Å²) in [7, 11) is 0. The lowest BCUT2D eigenvalue weighted by atomic mass is 10.1. The van der Waals surface area contributed by atoms with Crippen molar-refractivity contribution in [2.45, 2.75) is 0 Å². The highest BCUT2D eigenvalue weighted by atomic mass is 32.1. The van der Waals surface area contributed by atoms with Gasteiger partial charge in [-0.3, -0.25) is 9.59 Å². The van der Waals surface area contributed by atoms with Gasteiger partial charge in [-0.05, 0) is 23.6 Å². The third-order valence-electron chi connectivity index (χ3n) is 2.92. The van der Waals surface area contributed by atoms with E-state index in [0.29, 0.717) is 5.06 Å². The Morgan fingerprint density at radius 2 is 1.76 bits per heavy atom. The van der Waals surface area contributed by atoms with E-state index in [2.05, 4.69) is 0 Å². The number of hydrogen-bond acceptors (Lipinski definition) is 6. The second-order valence-electron chi connectivity index (χ2n) is 4.10. The van der Waals surface area contributed by atoms with Gasteiger partial charge in [-0.1, -0.05) is 17.2 Å². The van der Waals surface area contributed by atoms with Crippen molar-refractivity contribution >= 4 is 29.1 Å². The first-order valence-electron chi connectivity index (χ1n) is 5.81. The molecule has 0 atom stereocenters. The summed E-state index contributed by atoms with van der Waals surface area (Å²) < 4.78 is 0. The van der Waals surface area contributed by atoms with Gasteiger partial charge in [0, 0.05) is 0 Å². The molecular weight excluding hydrogens is 292 g/mol. The molecule has 0 radical (unpaired) electrons. The molecule has 102 valence electrons. The van der Waals surface area contributed by atoms with Crippen LogP contribution in [0.3, 0.4) is 0 Å². The van der Waals surface area contributed by atoms with E-state index in [9.17, 15) is 14.4 Å². The second kappa shape index (κ2) is 4.85. The maximum absolute atomic E-state index is 12.0. The normalized spacial score (nSPS) is 13.0. The van der Waals surface area contributed by atoms with E-state index in [0.717, 1.165) is 11.3 Å². The summed E-state index contributed by atoms with van der Waals surface area (Å²) in [4.78, 5) is 41.1. The summed E-state index contributed by atoms with van der Waals surface area (Å²) in [5.41, 5.74) is 0.390. The molecule has 3 rings (SSSR count). The summed E-state index contributed by atoms with van der Waals surface area (Å²) in [6, 6.07) is 9.44. The number of hydroxylamine groups is 2. The van der Waals surface area contributed by atoms with E-state index < -0.39 is 17.8 Å². The minimum atomic E-state index is -0.915. The fraction of sp³-hybridized carbons (Fsp3) is 0. The third kappa shape index (κ3) is 1.98. The SMILES string of the molecule is N#Cc1sccc1C(=O)ON1C(=O)c2ccccc2C1=O. The molecule has 2 aromatic rings. The molecule has 0 aliphatic carbocycles. The quantitative estimate of drug-likeness (QED) is 0.791. The van der Waals surface area contributed by atoms with Crippen LogP contribution in [0.15, 0.2) is 35.7 Å². The van der Waals surface area contributed by atoms with Gasteiger partial charge in [0.1, 0.15) is 10.9 Å². The average Bonchev–Trinajstić information content (AvgIpc) is 3.07. The van der Waals surface area contributed by atoms with Crippen LogP contribution in [0.25, 0.3) is 0 Å². The molecule has 1 aliphatic heterocycles. The topological polar surface area (TPSA) is 87.5 Å². The van der Waals surface area contributed by atoms with Crippen LogP contribution in [0.1, 0.15) is 36.0 Å². The second-order valence-corrected chi connectivity index (χ2v) is 5.02. The summed E-state index contributed by atoms with van der Waals surface area (Å²) in [6.45, 7) is 0. The van der Waals surface area contributed by atoms with Crippen LogP contribution in [0.5, 0.6) is 0 Å². The van der Waals surface area contributed by atoms with Gasteiger partial charge in [-0.2, -0.15) is 5.26 Å². The first kappa shape index (κ1) is 13.0. The van der Waals surface area contributed by atoms with Crippen LogP contribution in [-0.2, 0) is 4.84 Å². The first-order valence-corrected chi connectivity index (χ1v) is 6.69. The lowest BCUT2D eigenvalue weighted by molar-refractivity contribution is -0.0584. The van der Waals surface area contributed by atoms with Gasteiger partial charge in [0.15, 0.2) is 0 Å². The zero-order valence-corrected chi connectivity index (χ0v) is 11.2. The van der Waals surface area contributed by atoms with E-state index >= 15 is 0 Å². The minimum Gasteiger partial charge on any atom is -0.324 e. The van der Waals surface area contributed by atoms with E-state index in [1.165, 1.54) is 18.2 Å². The van der Waals surface area contributed by atoms with Crippen LogP contribution in [0.4, 0.5) is 0 Å². The van der Waals surface area contributed by atoms with Gasteiger partial charge >= 0.3 is 5.97 Å². The summed E-state index contributed by atoms with van der Waals surface area (Å²) in [5, 5.41) is 10.8. The first-order chi connectivity index (χ1) is 10.1. The van der Waals surface area contributed by atoms with Gasteiger partial charge in [0.25, 0.3) is 11.8 Å². The molecule has 21 heavy (non-hydrogen) atoms. The molecule has 1 aromatic carbocycles. The van der Waals surface area contributed by atoms with E-state index in [1.54, 1.807) is 17.5 Å². The summed E-state index contributed by atoms with van der Waals surface area (Å²) in [6.07, 6.45) is 0. The van der Waals surface area contributed by atoms with Crippen molar-refractivity contribution in [3.8, 4) is 6.07 Å². The van der Waals surface area contributed by atoms with Crippen LogP contribution in [-0.4, -0.2) is 22.8 Å². The number of fused-ring (bicyclic) bond motifs is 1. The molecule has 0 fully saturated rings. The van der Waals surface area contributed by atoms with Gasteiger partial charge in [0.05, 0.1) is 16.7 Å². The molecule has 0 spiro atoms. The van der Waals surface area contributed by atoms with Crippen molar-refractivity contribution in [3.63, 3.8) is 0 Å². The Kier molecular flexibility index (Phi) is 3.01. The lowest BCUT2D eigenvalue weighted by Gasteiger charge is -2.12. The number of carbonyl (C=O) groups is 3. The van der Waals surface area contributed by atoms with Gasteiger partial charge in [0.2, 0.25) is 0 Å². The fourth-order valence-electron chi connectivity index (χ4n) is 1.94. The predicted molar refractivity (Wildman–Crippen MR) is 71.4 cm³/mol. The van der Waals surface area contributed by atoms with Gasteiger partial charge in [-0.15, -0.1) is 11.3 Å². The number of hydrogen-bond donors (Lipinski definition) is 0. The number of rotatable bonds is 2. The van der Waals surface area contributed by atoms with Gasteiger partial charge < -0.3 is 4.84 Å². The number of imide groups is 1. The number of carbonyl (C=O) groups excluding carboxylic acids is 3. The van der Waals surface area contributed by atoms with Crippen molar-refractivity contribution < 1.29 is 19.2 Å². The highest BCUT2D eigenvalue weighted by Gasteiger charge is 2.39. The van der Waals surface area contributed by atoms with E-state index in [-0.39, 0.29) is 21.6 Å². The van der Waals surface area contributed by atoms with Crippen molar-refractivity contribution in [1.82, 2.24) is 5.06 Å². The molecule has 0 saturated heterocycles. The molecule has 0 N–H and O–H groups in total. The van der Waals surface area contributed by atoms with Crippen LogP contribution < -0.4 is 0 Å². The smallest absolute Gasteiger partial charge is 0.324 e. The number of thiophene rings is 1. The molecule has 2 amide bonds. The number of nitriles is 1. The van der Waals surface area contributed by atoms with E-state index in [1.807, 2.05) is 6.07 Å². The highest BCUT2D eigenvalue weighted by molar-refractivity contribution is 7.10. The van der Waals surface area contributed by atoms with Crippen molar-refractivity contribution in [3.05, 3.63) is 57.3 Å². The molecule has 7 heteroatoms. The minimum absolute atomic E-state index is 0.0269. The van der Waals surface area contributed by atoms with Crippen molar-refractivity contribution in [2.75, 3.05) is 0 Å². The predicted octanol–water partition coefficient (Wildman–Crippen LogP) is 1.99. The summed E-state index contributed by atoms with van der Waals surface area (Å²) in [5.74, 6) is -2.31. The Labute approximate surface area is 122 Å². The van der Waals surface area contributed by atoms with Crippen LogP contribution in [0, 0.1) is 11.3 Å². The van der Waals surface area contributed by atoms with E-state index in [4.69, 9.17) is 10.1 Å². The zero-order valence-electron chi connectivity index (χ0n) is 10.4. The molecule has 6 nitrogen and oxygen atoms in total.